The van der Waals surface area contributed by atoms with Crippen LogP contribution in [0.15, 0.2) is 46.9 Å². The van der Waals surface area contributed by atoms with Crippen molar-refractivity contribution in [3.05, 3.63) is 63.9 Å². The molecular weight excluding hydrogens is 272 g/mol. The number of nitrogens with one attached hydrogen (secondary N) is 1. The van der Waals surface area contributed by atoms with Gasteiger partial charge in [0.25, 0.3) is 5.91 Å². The van der Waals surface area contributed by atoms with Gasteiger partial charge in [0.1, 0.15) is 4.92 Å². The summed E-state index contributed by atoms with van der Waals surface area (Å²) >= 11 is 0. The van der Waals surface area contributed by atoms with E-state index in [4.69, 9.17) is 4.42 Å². The second-order valence-electron chi connectivity index (χ2n) is 4.79. The van der Waals surface area contributed by atoms with Crippen LogP contribution in [0.25, 0.3) is 0 Å². The highest BCUT2D eigenvalue weighted by molar-refractivity contribution is 5.91. The Labute approximate surface area is 121 Å². The van der Waals surface area contributed by atoms with Crippen molar-refractivity contribution in [2.45, 2.75) is 25.8 Å². The minimum Gasteiger partial charge on any atom is -0.395 e. The maximum absolute atomic E-state index is 11.9. The number of aryl methyl sites for hydroxylation is 1. The first-order valence-electron chi connectivity index (χ1n) is 6.65. The van der Waals surface area contributed by atoms with Crippen LogP contribution in [0.4, 0.5) is 5.88 Å². The first kappa shape index (κ1) is 14.8. The van der Waals surface area contributed by atoms with E-state index in [9.17, 15) is 14.9 Å². The minimum absolute atomic E-state index is 0.0479. The SMILES string of the molecule is CC(CCc1ccccc1)NC(=O)c1ccc([N+](=O)[O-])o1. The van der Waals surface area contributed by atoms with E-state index in [2.05, 4.69) is 5.32 Å². The molecule has 110 valence electrons. The van der Waals surface area contributed by atoms with Crippen molar-refractivity contribution in [1.82, 2.24) is 5.32 Å². The van der Waals surface area contributed by atoms with Crippen molar-refractivity contribution < 1.29 is 14.1 Å². The summed E-state index contributed by atoms with van der Waals surface area (Å²) in [5.41, 5.74) is 1.20. The number of hydrogen-bond donors (Lipinski definition) is 1. The van der Waals surface area contributed by atoms with Crippen LogP contribution in [0.5, 0.6) is 0 Å². The number of carbonyl (C=O) groups excluding carboxylic acids is 1. The summed E-state index contributed by atoms with van der Waals surface area (Å²) in [7, 11) is 0. The van der Waals surface area contributed by atoms with Gasteiger partial charge in [-0.15, -0.1) is 0 Å². The molecule has 1 unspecified atom stereocenters. The average molecular weight is 288 g/mol. The van der Waals surface area contributed by atoms with Crippen LogP contribution in [-0.4, -0.2) is 16.9 Å². The fourth-order valence-electron chi connectivity index (χ4n) is 1.94. The van der Waals surface area contributed by atoms with Crippen LogP contribution in [-0.2, 0) is 6.42 Å². The fraction of sp³-hybridized carbons (Fsp3) is 0.267. The number of benzene rings is 1. The molecule has 1 heterocycles. The molecule has 21 heavy (non-hydrogen) atoms. The largest absolute Gasteiger partial charge is 0.433 e. The predicted octanol–water partition coefficient (Wildman–Crippen LogP) is 2.94. The van der Waals surface area contributed by atoms with Crippen LogP contribution in [0.1, 0.15) is 29.5 Å². The second-order valence-corrected chi connectivity index (χ2v) is 4.79. The molecule has 0 aliphatic heterocycles. The number of hydrogen-bond acceptors (Lipinski definition) is 4. The van der Waals surface area contributed by atoms with Gasteiger partial charge in [-0.3, -0.25) is 14.9 Å². The molecule has 1 atom stereocenters. The van der Waals surface area contributed by atoms with Crippen LogP contribution in [0.2, 0.25) is 0 Å². The summed E-state index contributed by atoms with van der Waals surface area (Å²) in [6, 6.07) is 12.4. The topological polar surface area (TPSA) is 85.4 Å². The monoisotopic (exact) mass is 288 g/mol. The van der Waals surface area contributed by atoms with E-state index in [1.807, 2.05) is 37.3 Å². The Bertz CT molecular complexity index is 622. The highest BCUT2D eigenvalue weighted by Gasteiger charge is 2.18. The molecule has 1 amide bonds. The van der Waals surface area contributed by atoms with Crippen molar-refractivity contribution in [3.63, 3.8) is 0 Å². The van der Waals surface area contributed by atoms with E-state index >= 15 is 0 Å². The molecule has 0 aliphatic carbocycles. The molecule has 0 spiro atoms. The van der Waals surface area contributed by atoms with Crippen molar-refractivity contribution in [2.24, 2.45) is 0 Å². The normalized spacial score (nSPS) is 11.9. The minimum atomic E-state index is -0.671. The fourth-order valence-corrected chi connectivity index (χ4v) is 1.94. The number of rotatable bonds is 6. The standard InChI is InChI=1S/C15H16N2O4/c1-11(7-8-12-5-3-2-4-6-12)16-15(18)13-9-10-14(21-13)17(19)20/h2-6,9-11H,7-8H2,1H3,(H,16,18). The van der Waals surface area contributed by atoms with E-state index < -0.39 is 16.7 Å². The molecule has 1 N–H and O–H groups in total. The Hall–Kier alpha value is -2.63. The second kappa shape index (κ2) is 6.69. The maximum Gasteiger partial charge on any atom is 0.433 e. The third-order valence-corrected chi connectivity index (χ3v) is 3.08. The lowest BCUT2D eigenvalue weighted by Gasteiger charge is -2.12. The van der Waals surface area contributed by atoms with E-state index in [0.29, 0.717) is 0 Å². The van der Waals surface area contributed by atoms with Crippen LogP contribution < -0.4 is 5.32 Å². The zero-order valence-corrected chi connectivity index (χ0v) is 11.6. The summed E-state index contributed by atoms with van der Waals surface area (Å²) in [5.74, 6) is -0.922. The summed E-state index contributed by atoms with van der Waals surface area (Å²) in [4.78, 5) is 21.7. The number of carbonyl (C=O) groups is 1. The third-order valence-electron chi connectivity index (χ3n) is 3.08. The van der Waals surface area contributed by atoms with Crippen molar-refractivity contribution >= 4 is 11.8 Å². The molecule has 0 radical (unpaired) electrons. The number of nitrogens with zero attached hydrogens (tertiary/aromatic N) is 1. The lowest BCUT2D eigenvalue weighted by Crippen LogP contribution is -2.32. The van der Waals surface area contributed by atoms with E-state index in [1.54, 1.807) is 0 Å². The summed E-state index contributed by atoms with van der Waals surface area (Å²) in [5, 5.41) is 13.3. The van der Waals surface area contributed by atoms with Gasteiger partial charge in [-0.25, -0.2) is 0 Å². The van der Waals surface area contributed by atoms with Crippen LogP contribution in [0.3, 0.4) is 0 Å². The molecule has 6 nitrogen and oxygen atoms in total. The summed E-state index contributed by atoms with van der Waals surface area (Å²) in [6.07, 6.45) is 1.62. The third kappa shape index (κ3) is 4.17. The van der Waals surface area contributed by atoms with E-state index in [0.717, 1.165) is 12.8 Å². The number of nitro groups is 1. The smallest absolute Gasteiger partial charge is 0.395 e. The van der Waals surface area contributed by atoms with Crippen LogP contribution >= 0.6 is 0 Å². The summed E-state index contributed by atoms with van der Waals surface area (Å²) < 4.78 is 4.86. The van der Waals surface area contributed by atoms with Gasteiger partial charge in [0.2, 0.25) is 0 Å². The Kier molecular flexibility index (Phi) is 4.71. The quantitative estimate of drug-likeness (QED) is 0.654. The lowest BCUT2D eigenvalue weighted by atomic mass is 10.1. The Morgan fingerprint density at radius 2 is 2.00 bits per heavy atom. The van der Waals surface area contributed by atoms with E-state index in [-0.39, 0.29) is 11.8 Å². The number of furan rings is 1. The molecule has 0 saturated heterocycles. The van der Waals surface area contributed by atoms with E-state index in [1.165, 1.54) is 17.7 Å². The molecule has 0 aliphatic rings. The molecule has 6 heteroatoms. The Morgan fingerprint density at radius 3 is 2.62 bits per heavy atom. The van der Waals surface area contributed by atoms with Gasteiger partial charge in [0.05, 0.1) is 6.07 Å². The zero-order chi connectivity index (χ0) is 15.2. The summed E-state index contributed by atoms with van der Waals surface area (Å²) in [6.45, 7) is 1.89. The average Bonchev–Trinajstić information content (AvgIpc) is 2.96. The van der Waals surface area contributed by atoms with Gasteiger partial charge in [0, 0.05) is 6.04 Å². The molecule has 2 aromatic rings. The Morgan fingerprint density at radius 1 is 1.29 bits per heavy atom. The molecule has 0 fully saturated rings. The van der Waals surface area contributed by atoms with Gasteiger partial charge in [-0.2, -0.15) is 0 Å². The maximum atomic E-state index is 11.9. The highest BCUT2D eigenvalue weighted by atomic mass is 16.6. The Balaban J connectivity index is 1.85. The number of amides is 1. The molecule has 2 rings (SSSR count). The first-order chi connectivity index (χ1) is 10.1. The van der Waals surface area contributed by atoms with Gasteiger partial charge in [-0.05, 0) is 31.4 Å². The van der Waals surface area contributed by atoms with Gasteiger partial charge < -0.3 is 9.73 Å². The van der Waals surface area contributed by atoms with Crippen molar-refractivity contribution in [1.29, 1.82) is 0 Å². The van der Waals surface area contributed by atoms with Crippen molar-refractivity contribution in [3.8, 4) is 0 Å². The zero-order valence-electron chi connectivity index (χ0n) is 11.6. The van der Waals surface area contributed by atoms with Gasteiger partial charge in [-0.1, -0.05) is 30.3 Å². The highest BCUT2D eigenvalue weighted by Crippen LogP contribution is 2.15. The molecule has 1 aromatic heterocycles. The predicted molar refractivity (Wildman–Crippen MR) is 77.1 cm³/mol. The van der Waals surface area contributed by atoms with Gasteiger partial charge >= 0.3 is 5.88 Å². The molecular formula is C15H16N2O4. The van der Waals surface area contributed by atoms with Crippen molar-refractivity contribution in [2.75, 3.05) is 0 Å². The van der Waals surface area contributed by atoms with Gasteiger partial charge in [0.15, 0.2) is 5.76 Å². The van der Waals surface area contributed by atoms with Crippen LogP contribution in [0, 0.1) is 10.1 Å². The molecule has 0 saturated carbocycles. The lowest BCUT2D eigenvalue weighted by molar-refractivity contribution is -0.402. The first-order valence-corrected chi connectivity index (χ1v) is 6.65. The molecule has 1 aromatic carbocycles. The molecule has 0 bridgehead atoms.